The molecule has 156 valence electrons. The summed E-state index contributed by atoms with van der Waals surface area (Å²) in [5, 5.41) is 0.322. The Morgan fingerprint density at radius 1 is 1.14 bits per heavy atom. The molecule has 0 atom stereocenters. The molecular weight excluding hydrogens is 408 g/mol. The van der Waals surface area contributed by atoms with Crippen LogP contribution in [0.15, 0.2) is 47.4 Å². The number of hydrogen-bond donors (Lipinski definition) is 0. The number of halogens is 1. The van der Waals surface area contributed by atoms with Gasteiger partial charge in [0.15, 0.2) is 0 Å². The molecule has 1 saturated heterocycles. The van der Waals surface area contributed by atoms with Crippen LogP contribution >= 0.6 is 11.6 Å². The van der Waals surface area contributed by atoms with Gasteiger partial charge in [0, 0.05) is 20.1 Å². The fourth-order valence-corrected chi connectivity index (χ4v) is 5.03. The summed E-state index contributed by atoms with van der Waals surface area (Å²) >= 11 is 6.32. The summed E-state index contributed by atoms with van der Waals surface area (Å²) in [5.74, 6) is -0.161. The highest BCUT2D eigenvalue weighted by atomic mass is 35.5. The van der Waals surface area contributed by atoms with Gasteiger partial charge in [0.2, 0.25) is 0 Å². The van der Waals surface area contributed by atoms with E-state index in [1.807, 2.05) is 11.8 Å². The van der Waals surface area contributed by atoms with Crippen LogP contribution in [0.4, 0.5) is 5.69 Å². The van der Waals surface area contributed by atoms with Gasteiger partial charge in [-0.3, -0.25) is 9.10 Å². The molecule has 1 heterocycles. The average molecular weight is 435 g/mol. The standard InChI is InChI=1S/C22H27ClN2O3S/c1-16-6-9-18(10-7-16)29(27,28)24(4)17-8-11-20(23)19(14-17)21(26)25-13-5-12-22(2,3)15-25/h6-11,14H,5,12-13,15H2,1-4H3. The van der Waals surface area contributed by atoms with E-state index in [2.05, 4.69) is 13.8 Å². The monoisotopic (exact) mass is 434 g/mol. The Hall–Kier alpha value is -2.05. The highest BCUT2D eigenvalue weighted by Crippen LogP contribution is 2.32. The van der Waals surface area contributed by atoms with Gasteiger partial charge in [0.25, 0.3) is 15.9 Å². The van der Waals surface area contributed by atoms with Crippen molar-refractivity contribution in [3.05, 3.63) is 58.6 Å². The molecule has 2 aromatic carbocycles. The molecule has 5 nitrogen and oxygen atoms in total. The molecule has 0 bridgehead atoms. The van der Waals surface area contributed by atoms with Gasteiger partial charge in [-0.25, -0.2) is 8.42 Å². The van der Waals surface area contributed by atoms with E-state index < -0.39 is 10.0 Å². The SMILES string of the molecule is Cc1ccc(S(=O)(=O)N(C)c2ccc(Cl)c(C(=O)N3CCCC(C)(C)C3)c2)cc1. The van der Waals surface area contributed by atoms with Gasteiger partial charge < -0.3 is 4.90 Å². The molecule has 0 spiro atoms. The first-order valence-electron chi connectivity index (χ1n) is 9.66. The van der Waals surface area contributed by atoms with Crippen LogP contribution in [0.25, 0.3) is 0 Å². The molecule has 1 aliphatic heterocycles. The molecule has 2 aromatic rings. The Labute approximate surface area is 178 Å². The van der Waals surface area contributed by atoms with E-state index in [-0.39, 0.29) is 16.2 Å². The van der Waals surface area contributed by atoms with Gasteiger partial charge in [0.05, 0.1) is 21.2 Å². The van der Waals surface area contributed by atoms with E-state index in [0.29, 0.717) is 29.4 Å². The second-order valence-corrected chi connectivity index (χ2v) is 10.8. The van der Waals surface area contributed by atoms with Crippen molar-refractivity contribution in [2.24, 2.45) is 5.41 Å². The Kier molecular flexibility index (Phi) is 5.97. The number of amides is 1. The summed E-state index contributed by atoms with van der Waals surface area (Å²) in [6.45, 7) is 7.53. The molecule has 7 heteroatoms. The van der Waals surface area contributed by atoms with Crippen LogP contribution in [0.2, 0.25) is 5.02 Å². The summed E-state index contributed by atoms with van der Waals surface area (Å²) in [5.41, 5.74) is 1.77. The van der Waals surface area contributed by atoms with Gasteiger partial charge in [0.1, 0.15) is 0 Å². The van der Waals surface area contributed by atoms with Crippen molar-refractivity contribution in [3.8, 4) is 0 Å². The van der Waals surface area contributed by atoms with E-state index in [1.165, 1.54) is 11.4 Å². The third kappa shape index (κ3) is 4.59. The largest absolute Gasteiger partial charge is 0.338 e. The van der Waals surface area contributed by atoms with Crippen LogP contribution in [0.1, 0.15) is 42.6 Å². The molecule has 0 aromatic heterocycles. The summed E-state index contributed by atoms with van der Waals surface area (Å²) in [7, 11) is -2.26. The maximum Gasteiger partial charge on any atom is 0.264 e. The number of likely N-dealkylation sites (tertiary alicyclic amines) is 1. The quantitative estimate of drug-likeness (QED) is 0.698. The number of aryl methyl sites for hydroxylation is 1. The zero-order valence-electron chi connectivity index (χ0n) is 17.3. The molecule has 0 aliphatic carbocycles. The zero-order chi connectivity index (χ0) is 21.4. The first-order chi connectivity index (χ1) is 13.5. The molecule has 1 amide bonds. The Balaban J connectivity index is 1.92. The lowest BCUT2D eigenvalue weighted by Crippen LogP contribution is -2.43. The number of carbonyl (C=O) groups is 1. The third-order valence-electron chi connectivity index (χ3n) is 5.41. The smallest absolute Gasteiger partial charge is 0.264 e. The van der Waals surface area contributed by atoms with Gasteiger partial charge >= 0.3 is 0 Å². The van der Waals surface area contributed by atoms with Crippen molar-refractivity contribution in [2.45, 2.75) is 38.5 Å². The first-order valence-corrected chi connectivity index (χ1v) is 11.5. The lowest BCUT2D eigenvalue weighted by Gasteiger charge is -2.38. The molecule has 0 saturated carbocycles. The summed E-state index contributed by atoms with van der Waals surface area (Å²) < 4.78 is 27.2. The minimum absolute atomic E-state index is 0.0591. The maximum atomic E-state index is 13.1. The topological polar surface area (TPSA) is 57.7 Å². The number of piperidine rings is 1. The van der Waals surface area contributed by atoms with Crippen LogP contribution in [0, 0.1) is 12.3 Å². The van der Waals surface area contributed by atoms with E-state index in [4.69, 9.17) is 11.6 Å². The predicted molar refractivity (Wildman–Crippen MR) is 117 cm³/mol. The molecule has 29 heavy (non-hydrogen) atoms. The molecule has 1 aliphatic rings. The molecule has 3 rings (SSSR count). The third-order valence-corrected chi connectivity index (χ3v) is 7.54. The highest BCUT2D eigenvalue weighted by molar-refractivity contribution is 7.92. The van der Waals surface area contributed by atoms with Crippen LogP contribution in [-0.4, -0.2) is 39.4 Å². The molecule has 0 N–H and O–H groups in total. The summed E-state index contributed by atoms with van der Waals surface area (Å²) in [6.07, 6.45) is 2.01. The number of rotatable bonds is 4. The Morgan fingerprint density at radius 3 is 2.41 bits per heavy atom. The highest BCUT2D eigenvalue weighted by Gasteiger charge is 2.31. The van der Waals surface area contributed by atoms with Crippen LogP contribution in [-0.2, 0) is 10.0 Å². The summed E-state index contributed by atoms with van der Waals surface area (Å²) in [6, 6.07) is 11.5. The fraction of sp³-hybridized carbons (Fsp3) is 0.409. The van der Waals surface area contributed by atoms with E-state index in [0.717, 1.165) is 18.4 Å². The minimum Gasteiger partial charge on any atom is -0.338 e. The second-order valence-electron chi connectivity index (χ2n) is 8.44. The predicted octanol–water partition coefficient (Wildman–Crippen LogP) is 4.74. The zero-order valence-corrected chi connectivity index (χ0v) is 18.8. The van der Waals surface area contributed by atoms with Gasteiger partial charge in [-0.15, -0.1) is 0 Å². The van der Waals surface area contributed by atoms with E-state index in [1.54, 1.807) is 42.5 Å². The van der Waals surface area contributed by atoms with Gasteiger partial charge in [-0.05, 0) is 55.5 Å². The van der Waals surface area contributed by atoms with Crippen molar-refractivity contribution in [2.75, 3.05) is 24.4 Å². The van der Waals surface area contributed by atoms with Gasteiger partial charge in [-0.1, -0.05) is 43.1 Å². The van der Waals surface area contributed by atoms with Crippen LogP contribution in [0.5, 0.6) is 0 Å². The minimum atomic E-state index is -3.74. The second kappa shape index (κ2) is 8.00. The number of anilines is 1. The number of nitrogens with zero attached hydrogens (tertiary/aromatic N) is 2. The fourth-order valence-electron chi connectivity index (χ4n) is 3.65. The average Bonchev–Trinajstić information content (AvgIpc) is 2.67. The van der Waals surface area contributed by atoms with Crippen molar-refractivity contribution in [3.63, 3.8) is 0 Å². The van der Waals surface area contributed by atoms with E-state index in [9.17, 15) is 13.2 Å². The maximum absolute atomic E-state index is 13.1. The first kappa shape index (κ1) is 21.7. The van der Waals surface area contributed by atoms with Crippen molar-refractivity contribution >= 4 is 33.2 Å². The number of benzene rings is 2. The molecule has 1 fully saturated rings. The van der Waals surface area contributed by atoms with Crippen LogP contribution < -0.4 is 4.31 Å². The Morgan fingerprint density at radius 2 is 1.79 bits per heavy atom. The Bertz CT molecular complexity index is 1020. The van der Waals surface area contributed by atoms with Crippen molar-refractivity contribution < 1.29 is 13.2 Å². The molecule has 0 unspecified atom stereocenters. The van der Waals surface area contributed by atoms with Gasteiger partial charge in [-0.2, -0.15) is 0 Å². The van der Waals surface area contributed by atoms with Crippen molar-refractivity contribution in [1.82, 2.24) is 4.90 Å². The van der Waals surface area contributed by atoms with E-state index >= 15 is 0 Å². The molecular formula is C22H27ClN2O3S. The lowest BCUT2D eigenvalue weighted by atomic mass is 9.84. The lowest BCUT2D eigenvalue weighted by molar-refractivity contribution is 0.0583. The number of sulfonamides is 1. The number of carbonyl (C=O) groups excluding carboxylic acids is 1. The number of hydrogen-bond acceptors (Lipinski definition) is 3. The van der Waals surface area contributed by atoms with Crippen LogP contribution in [0.3, 0.4) is 0 Å². The normalized spacial score (nSPS) is 16.5. The summed E-state index contributed by atoms with van der Waals surface area (Å²) in [4.78, 5) is 15.1. The molecule has 0 radical (unpaired) electrons. The van der Waals surface area contributed by atoms with Crippen molar-refractivity contribution in [1.29, 1.82) is 0 Å².